The molecule has 2 heterocycles. The number of benzene rings is 2. The number of hydrogen-bond acceptors (Lipinski definition) is 5. The first-order valence-electron chi connectivity index (χ1n) is 13.1. The maximum absolute atomic E-state index is 13.4. The fraction of sp³-hybridized carbons (Fsp3) is 0.367. The zero-order valence-corrected chi connectivity index (χ0v) is 23.6. The van der Waals surface area contributed by atoms with E-state index < -0.39 is 0 Å². The molecular weight excluding hydrogens is 498 g/mol. The van der Waals surface area contributed by atoms with Crippen LogP contribution >= 0.6 is 24.0 Å². The lowest BCUT2D eigenvalue weighted by atomic mass is 9.99. The molecule has 1 atom stereocenters. The van der Waals surface area contributed by atoms with Crippen LogP contribution in [-0.2, 0) is 4.79 Å². The number of unbranched alkanes of at least 4 members (excludes halogenated alkanes) is 1. The molecule has 1 aromatic heterocycles. The molecule has 0 N–H and O–H groups in total. The summed E-state index contributed by atoms with van der Waals surface area (Å²) < 4.78 is 8.31. The molecule has 1 amide bonds. The number of nitrogens with zero attached hydrogens (tertiary/aromatic N) is 3. The summed E-state index contributed by atoms with van der Waals surface area (Å²) in [6.45, 7) is 9.10. The largest absolute Gasteiger partial charge is 0.491 e. The lowest BCUT2D eigenvalue weighted by Gasteiger charge is -2.21. The topological polar surface area (TPSA) is 47.4 Å². The van der Waals surface area contributed by atoms with Crippen LogP contribution in [0.2, 0.25) is 0 Å². The zero-order chi connectivity index (χ0) is 26.4. The van der Waals surface area contributed by atoms with E-state index in [4.69, 9.17) is 22.1 Å². The average molecular weight is 534 g/mol. The van der Waals surface area contributed by atoms with Gasteiger partial charge in [0, 0.05) is 23.9 Å². The normalized spacial score (nSPS) is 15.7. The zero-order valence-electron chi connectivity index (χ0n) is 22.0. The number of amides is 1. The molecule has 2 aromatic carbocycles. The second-order valence-electron chi connectivity index (χ2n) is 9.61. The Kier molecular flexibility index (Phi) is 9.22. The minimum atomic E-state index is -0.0101. The van der Waals surface area contributed by atoms with Gasteiger partial charge in [0.25, 0.3) is 5.91 Å². The van der Waals surface area contributed by atoms with Crippen molar-refractivity contribution in [3.8, 4) is 22.7 Å². The minimum Gasteiger partial charge on any atom is -0.491 e. The third-order valence-corrected chi connectivity index (χ3v) is 7.78. The van der Waals surface area contributed by atoms with Gasteiger partial charge in [-0.15, -0.1) is 0 Å². The summed E-state index contributed by atoms with van der Waals surface area (Å²) in [6, 6.07) is 17.9. The maximum atomic E-state index is 13.4. The number of rotatable bonds is 11. The highest BCUT2D eigenvalue weighted by Gasteiger charge is 2.33. The quantitative estimate of drug-likeness (QED) is 0.186. The average Bonchev–Trinajstić information content (AvgIpc) is 3.43. The van der Waals surface area contributed by atoms with E-state index in [0.29, 0.717) is 21.7 Å². The first kappa shape index (κ1) is 27.1. The number of carbonyl (C=O) groups excluding carboxylic acids is 1. The summed E-state index contributed by atoms with van der Waals surface area (Å²) in [4.78, 5) is 15.9. The van der Waals surface area contributed by atoms with E-state index in [-0.39, 0.29) is 12.0 Å². The van der Waals surface area contributed by atoms with Crippen LogP contribution < -0.4 is 4.74 Å². The molecule has 37 heavy (non-hydrogen) atoms. The van der Waals surface area contributed by atoms with Crippen LogP contribution in [0.3, 0.4) is 0 Å². The molecule has 1 fully saturated rings. The molecule has 0 radical (unpaired) electrons. The molecule has 1 unspecified atom stereocenters. The van der Waals surface area contributed by atoms with Gasteiger partial charge in [-0.2, -0.15) is 5.10 Å². The van der Waals surface area contributed by atoms with E-state index in [1.807, 2.05) is 85.4 Å². The van der Waals surface area contributed by atoms with Crippen molar-refractivity contribution in [1.82, 2.24) is 14.7 Å². The summed E-state index contributed by atoms with van der Waals surface area (Å²) >= 11 is 7.02. The Morgan fingerprint density at radius 2 is 1.81 bits per heavy atom. The van der Waals surface area contributed by atoms with Crippen LogP contribution in [0.4, 0.5) is 0 Å². The SMILES string of the molecule is CCCCC(CC)CN1C(=O)/C(=C/c2cn(-c3ccccc3)nc2-c2ccc(OC(C)C)cc2)SC1=S. The second-order valence-corrected chi connectivity index (χ2v) is 11.3. The van der Waals surface area contributed by atoms with Gasteiger partial charge >= 0.3 is 0 Å². The third kappa shape index (κ3) is 6.70. The van der Waals surface area contributed by atoms with E-state index in [1.54, 1.807) is 4.90 Å². The van der Waals surface area contributed by atoms with E-state index in [2.05, 4.69) is 13.8 Å². The summed E-state index contributed by atoms with van der Waals surface area (Å²) in [5, 5.41) is 4.91. The van der Waals surface area contributed by atoms with Crippen molar-refractivity contribution in [2.75, 3.05) is 6.54 Å². The first-order chi connectivity index (χ1) is 17.9. The van der Waals surface area contributed by atoms with Crippen LogP contribution in [-0.4, -0.2) is 37.6 Å². The summed E-state index contributed by atoms with van der Waals surface area (Å²) in [5.74, 6) is 1.27. The Morgan fingerprint density at radius 1 is 1.08 bits per heavy atom. The minimum absolute atomic E-state index is 0.0101. The molecule has 0 saturated carbocycles. The van der Waals surface area contributed by atoms with E-state index >= 15 is 0 Å². The van der Waals surface area contributed by atoms with Gasteiger partial charge in [-0.25, -0.2) is 4.68 Å². The Labute approximate surface area is 229 Å². The predicted molar refractivity (Wildman–Crippen MR) is 158 cm³/mol. The van der Waals surface area contributed by atoms with Crippen LogP contribution in [0.5, 0.6) is 5.75 Å². The van der Waals surface area contributed by atoms with Crippen LogP contribution in [0, 0.1) is 5.92 Å². The molecule has 5 nitrogen and oxygen atoms in total. The molecule has 194 valence electrons. The summed E-state index contributed by atoms with van der Waals surface area (Å²) in [7, 11) is 0. The first-order valence-corrected chi connectivity index (χ1v) is 14.3. The van der Waals surface area contributed by atoms with Gasteiger partial charge in [-0.3, -0.25) is 9.69 Å². The smallest absolute Gasteiger partial charge is 0.266 e. The highest BCUT2D eigenvalue weighted by molar-refractivity contribution is 8.26. The van der Waals surface area contributed by atoms with Crippen molar-refractivity contribution in [2.45, 2.75) is 59.5 Å². The van der Waals surface area contributed by atoms with Gasteiger partial charge in [-0.05, 0) is 68.7 Å². The molecule has 0 bridgehead atoms. The molecule has 0 spiro atoms. The van der Waals surface area contributed by atoms with E-state index in [1.165, 1.54) is 18.2 Å². The molecule has 1 aliphatic rings. The molecular formula is C30H35N3O2S2. The second kappa shape index (κ2) is 12.6. The number of thiocarbonyl (C=S) groups is 1. The van der Waals surface area contributed by atoms with Crippen molar-refractivity contribution in [3.05, 3.63) is 71.3 Å². The molecule has 1 aliphatic heterocycles. The van der Waals surface area contributed by atoms with Crippen molar-refractivity contribution in [3.63, 3.8) is 0 Å². The number of aromatic nitrogens is 2. The van der Waals surface area contributed by atoms with Crippen molar-refractivity contribution < 1.29 is 9.53 Å². The van der Waals surface area contributed by atoms with E-state index in [9.17, 15) is 4.79 Å². The Bertz CT molecular complexity index is 1250. The fourth-order valence-corrected chi connectivity index (χ4v) is 5.63. The number of hydrogen-bond donors (Lipinski definition) is 0. The lowest BCUT2D eigenvalue weighted by Crippen LogP contribution is -2.33. The standard InChI is InChI=1S/C30H35N3O2S2/c1-5-7-11-22(6-2)19-32-29(34)27(37-30(32)36)18-24-20-33(25-12-9-8-10-13-25)31-28(24)23-14-16-26(17-15-23)35-21(3)4/h8-10,12-18,20-22H,5-7,11,19H2,1-4H3/b27-18-. The van der Waals surface area contributed by atoms with E-state index in [0.717, 1.165) is 47.5 Å². The summed E-state index contributed by atoms with van der Waals surface area (Å²) in [5.41, 5.74) is 3.59. The lowest BCUT2D eigenvalue weighted by molar-refractivity contribution is -0.122. The van der Waals surface area contributed by atoms with Crippen molar-refractivity contribution in [2.24, 2.45) is 5.92 Å². The fourth-order valence-electron chi connectivity index (χ4n) is 4.37. The predicted octanol–water partition coefficient (Wildman–Crippen LogP) is 7.74. The van der Waals surface area contributed by atoms with Crippen LogP contribution in [0.15, 0.2) is 65.7 Å². The Hall–Kier alpha value is -2.90. The van der Waals surface area contributed by atoms with Crippen molar-refractivity contribution >= 4 is 40.3 Å². The molecule has 0 aliphatic carbocycles. The van der Waals surface area contributed by atoms with Gasteiger partial charge in [-0.1, -0.05) is 75.3 Å². The van der Waals surface area contributed by atoms with Gasteiger partial charge in [0.15, 0.2) is 0 Å². The monoisotopic (exact) mass is 533 g/mol. The van der Waals surface area contributed by atoms with Crippen molar-refractivity contribution in [1.29, 1.82) is 0 Å². The van der Waals surface area contributed by atoms with Crippen LogP contribution in [0.25, 0.3) is 23.0 Å². The van der Waals surface area contributed by atoms with Gasteiger partial charge < -0.3 is 4.74 Å². The van der Waals surface area contributed by atoms with Gasteiger partial charge in [0.05, 0.1) is 22.4 Å². The molecule has 1 saturated heterocycles. The summed E-state index contributed by atoms with van der Waals surface area (Å²) in [6.07, 6.45) is 8.52. The third-order valence-electron chi connectivity index (χ3n) is 6.41. The molecule has 3 aromatic rings. The van der Waals surface area contributed by atoms with Gasteiger partial charge in [0.1, 0.15) is 10.1 Å². The number of para-hydroxylation sites is 1. The Balaban J connectivity index is 1.66. The maximum Gasteiger partial charge on any atom is 0.266 e. The molecule has 7 heteroatoms. The highest BCUT2D eigenvalue weighted by Crippen LogP contribution is 2.36. The van der Waals surface area contributed by atoms with Crippen LogP contribution in [0.1, 0.15) is 58.9 Å². The number of ether oxygens (including phenoxy) is 1. The number of carbonyl (C=O) groups is 1. The Morgan fingerprint density at radius 3 is 2.46 bits per heavy atom. The molecule has 4 rings (SSSR count). The highest BCUT2D eigenvalue weighted by atomic mass is 32.2. The number of thioether (sulfide) groups is 1. The van der Waals surface area contributed by atoms with Gasteiger partial charge in [0.2, 0.25) is 0 Å².